The largest absolute Gasteiger partial charge is 0.490 e. The van der Waals surface area contributed by atoms with Crippen LogP contribution in [0.3, 0.4) is 0 Å². The van der Waals surface area contributed by atoms with E-state index >= 15 is 0 Å². The minimum Gasteiger partial charge on any atom is -0.490 e. The van der Waals surface area contributed by atoms with Crippen LogP contribution in [0.1, 0.15) is 47.2 Å². The second-order valence-electron chi connectivity index (χ2n) is 10.0. The number of aryl methyl sites for hydroxylation is 1. The predicted molar refractivity (Wildman–Crippen MR) is 134 cm³/mol. The number of rotatable bonds is 5. The zero-order valence-corrected chi connectivity index (χ0v) is 20.4. The van der Waals surface area contributed by atoms with E-state index in [9.17, 15) is 9.90 Å². The normalized spacial score (nSPS) is 26.4. The number of hydrogen-bond donors (Lipinski definition) is 1. The Balaban J connectivity index is 1.55. The van der Waals surface area contributed by atoms with Crippen LogP contribution in [-0.2, 0) is 16.6 Å². The highest BCUT2D eigenvalue weighted by Gasteiger charge is 2.44. The molecule has 3 unspecified atom stereocenters. The van der Waals surface area contributed by atoms with Gasteiger partial charge in [0.25, 0.3) is 0 Å². The molecule has 4 atom stereocenters. The molecule has 1 spiro atoms. The first kappa shape index (κ1) is 23.3. The van der Waals surface area contributed by atoms with Crippen molar-refractivity contribution in [2.24, 2.45) is 11.8 Å². The topological polar surface area (TPSA) is 59.0 Å². The zero-order valence-electron chi connectivity index (χ0n) is 19.6. The molecule has 1 aliphatic heterocycles. The molecule has 34 heavy (non-hydrogen) atoms. The van der Waals surface area contributed by atoms with Crippen LogP contribution in [0, 0.1) is 11.8 Å². The van der Waals surface area contributed by atoms with Gasteiger partial charge in [0.2, 0.25) is 0 Å². The maximum atomic E-state index is 12.3. The Labute approximate surface area is 206 Å². The van der Waals surface area contributed by atoms with Crippen molar-refractivity contribution in [1.29, 1.82) is 0 Å². The van der Waals surface area contributed by atoms with Crippen molar-refractivity contribution in [3.63, 3.8) is 0 Å². The summed E-state index contributed by atoms with van der Waals surface area (Å²) in [6, 6.07) is 11.8. The lowest BCUT2D eigenvalue weighted by molar-refractivity contribution is 0.0460. The number of aliphatic hydroxyl groups excluding tert-OH is 1. The molecule has 0 aromatic heterocycles. The average molecular weight is 482 g/mol. The van der Waals surface area contributed by atoms with Gasteiger partial charge in [0.15, 0.2) is 0 Å². The van der Waals surface area contributed by atoms with E-state index in [0.717, 1.165) is 61.7 Å². The van der Waals surface area contributed by atoms with Crippen molar-refractivity contribution in [3.05, 3.63) is 70.8 Å². The third kappa shape index (κ3) is 4.09. The number of halogens is 1. The predicted octanol–water partition coefficient (Wildman–Crippen LogP) is 5.17. The molecular weight excluding hydrogens is 450 g/mol. The van der Waals surface area contributed by atoms with Gasteiger partial charge in [-0.3, -0.25) is 0 Å². The minimum absolute atomic E-state index is 0.168. The molecular formula is C28H32ClNO4. The first-order valence-electron chi connectivity index (χ1n) is 12.1. The number of nitrogens with zero attached hydrogens (tertiary/aromatic N) is 1. The van der Waals surface area contributed by atoms with Crippen molar-refractivity contribution in [3.8, 4) is 5.75 Å². The van der Waals surface area contributed by atoms with Crippen LogP contribution in [0.4, 0.5) is 5.69 Å². The van der Waals surface area contributed by atoms with E-state index in [1.54, 1.807) is 12.1 Å². The van der Waals surface area contributed by atoms with Crippen molar-refractivity contribution in [2.45, 2.75) is 43.6 Å². The number of esters is 1. The molecule has 1 N–H and O–H groups in total. The molecule has 1 heterocycles. The van der Waals surface area contributed by atoms with Gasteiger partial charge in [0.05, 0.1) is 31.1 Å². The number of hydrogen-bond acceptors (Lipinski definition) is 5. The number of benzene rings is 2. The fourth-order valence-electron chi connectivity index (χ4n) is 6.09. The smallest absolute Gasteiger partial charge is 0.337 e. The Morgan fingerprint density at radius 2 is 2.21 bits per heavy atom. The third-order valence-electron chi connectivity index (χ3n) is 8.07. The second-order valence-corrected chi connectivity index (χ2v) is 10.4. The Morgan fingerprint density at radius 1 is 1.35 bits per heavy atom. The van der Waals surface area contributed by atoms with Crippen molar-refractivity contribution >= 4 is 23.3 Å². The quantitative estimate of drug-likeness (QED) is 0.471. The molecule has 3 aliphatic rings. The number of aliphatic hydroxyl groups is 1. The maximum absolute atomic E-state index is 12.3. The molecule has 1 saturated carbocycles. The highest BCUT2D eigenvalue weighted by Crippen LogP contribution is 2.46. The molecule has 0 saturated heterocycles. The van der Waals surface area contributed by atoms with E-state index in [4.69, 9.17) is 21.1 Å². The lowest BCUT2D eigenvalue weighted by Crippen LogP contribution is -2.49. The highest BCUT2D eigenvalue weighted by atomic mass is 35.5. The lowest BCUT2D eigenvalue weighted by Gasteiger charge is -2.45. The molecule has 2 aromatic rings. The van der Waals surface area contributed by atoms with Crippen molar-refractivity contribution in [2.75, 3.05) is 31.7 Å². The fourth-order valence-corrected chi connectivity index (χ4v) is 6.28. The zero-order chi connectivity index (χ0) is 23.9. The number of ether oxygens (including phenoxy) is 2. The number of carbonyl (C=O) groups is 1. The van der Waals surface area contributed by atoms with E-state index in [2.05, 4.69) is 23.6 Å². The molecule has 5 rings (SSSR count). The van der Waals surface area contributed by atoms with E-state index in [1.807, 2.05) is 18.2 Å². The standard InChI is InChI=1S/C28H32ClNO4/c1-3-25(31)22-9-6-20(22)15-30-16-28(12-4-5-18-13-21(29)8-10-23(18)28)17-34-26-11-7-19(14-24(26)30)27(32)33-2/h3,7-8,10-11,13-14,20,22,25,31H,1,4-6,9,12,15-17H2,2H3/t20?,22?,25?,28-/m0/s1. The summed E-state index contributed by atoms with van der Waals surface area (Å²) < 4.78 is 11.4. The van der Waals surface area contributed by atoms with Crippen LogP contribution in [0.5, 0.6) is 5.75 Å². The number of fused-ring (bicyclic) bond motifs is 3. The fraction of sp³-hybridized carbons (Fsp3) is 0.464. The number of methoxy groups -OCH3 is 1. The summed E-state index contributed by atoms with van der Waals surface area (Å²) in [4.78, 5) is 14.7. The van der Waals surface area contributed by atoms with Crippen LogP contribution in [0.25, 0.3) is 0 Å². The van der Waals surface area contributed by atoms with Gasteiger partial charge in [0.1, 0.15) is 5.75 Å². The van der Waals surface area contributed by atoms with E-state index in [-0.39, 0.29) is 17.3 Å². The molecule has 6 heteroatoms. The van der Waals surface area contributed by atoms with E-state index in [1.165, 1.54) is 18.2 Å². The number of carbonyl (C=O) groups excluding carboxylic acids is 1. The minimum atomic E-state index is -0.491. The molecule has 0 amide bonds. The Kier molecular flexibility index (Phi) is 6.34. The van der Waals surface area contributed by atoms with Gasteiger partial charge in [-0.15, -0.1) is 6.58 Å². The second kappa shape index (κ2) is 9.27. The molecule has 2 aromatic carbocycles. The third-order valence-corrected chi connectivity index (χ3v) is 8.30. The van der Waals surface area contributed by atoms with Gasteiger partial charge in [0, 0.05) is 23.5 Å². The molecule has 0 radical (unpaired) electrons. The summed E-state index contributed by atoms with van der Waals surface area (Å²) in [5.41, 5.74) is 3.87. The number of anilines is 1. The highest BCUT2D eigenvalue weighted by molar-refractivity contribution is 6.30. The van der Waals surface area contributed by atoms with E-state index < -0.39 is 6.10 Å². The van der Waals surface area contributed by atoms with Crippen molar-refractivity contribution < 1.29 is 19.4 Å². The molecule has 5 nitrogen and oxygen atoms in total. The summed E-state index contributed by atoms with van der Waals surface area (Å²) in [5, 5.41) is 11.2. The molecule has 0 bridgehead atoms. The Hall–Kier alpha value is -2.50. The van der Waals surface area contributed by atoms with Gasteiger partial charge in [-0.05, 0) is 85.4 Å². The first-order chi connectivity index (χ1) is 16.4. The van der Waals surface area contributed by atoms with Crippen LogP contribution in [0.15, 0.2) is 49.1 Å². The van der Waals surface area contributed by atoms with Gasteiger partial charge in [-0.1, -0.05) is 23.7 Å². The van der Waals surface area contributed by atoms with Crippen LogP contribution >= 0.6 is 11.6 Å². The molecule has 2 aliphatic carbocycles. The average Bonchev–Trinajstić information content (AvgIpc) is 2.98. The lowest BCUT2D eigenvalue weighted by atomic mass is 9.68. The van der Waals surface area contributed by atoms with Gasteiger partial charge in [-0.2, -0.15) is 0 Å². The maximum Gasteiger partial charge on any atom is 0.337 e. The first-order valence-corrected chi connectivity index (χ1v) is 12.5. The summed E-state index contributed by atoms with van der Waals surface area (Å²) >= 11 is 6.34. The Bertz CT molecular complexity index is 1100. The van der Waals surface area contributed by atoms with E-state index in [0.29, 0.717) is 18.1 Å². The van der Waals surface area contributed by atoms with Crippen molar-refractivity contribution in [1.82, 2.24) is 0 Å². The molecule has 1 fully saturated rings. The van der Waals surface area contributed by atoms with Gasteiger partial charge < -0.3 is 19.5 Å². The van der Waals surface area contributed by atoms with Gasteiger partial charge in [-0.25, -0.2) is 4.79 Å². The van der Waals surface area contributed by atoms with Crippen LogP contribution in [0.2, 0.25) is 5.02 Å². The summed E-state index contributed by atoms with van der Waals surface area (Å²) in [5.74, 6) is 0.988. The summed E-state index contributed by atoms with van der Waals surface area (Å²) in [6.07, 6.45) is 6.35. The Morgan fingerprint density at radius 3 is 2.94 bits per heavy atom. The molecule has 180 valence electrons. The van der Waals surface area contributed by atoms with Crippen LogP contribution in [-0.4, -0.2) is 44.0 Å². The SMILES string of the molecule is C=CC(O)C1CCC1CN1C[C@@]2(CCCc3cc(Cl)ccc32)COc2ccc(C(=O)OC)cc21. The van der Waals surface area contributed by atoms with Crippen LogP contribution < -0.4 is 9.64 Å². The summed E-state index contributed by atoms with van der Waals surface area (Å²) in [7, 11) is 1.40. The summed E-state index contributed by atoms with van der Waals surface area (Å²) in [6.45, 7) is 5.94. The van der Waals surface area contributed by atoms with Gasteiger partial charge >= 0.3 is 5.97 Å². The monoisotopic (exact) mass is 481 g/mol.